The van der Waals surface area contributed by atoms with Crippen LogP contribution in [0.1, 0.15) is 22.2 Å². The Morgan fingerprint density at radius 3 is 3.07 bits per heavy atom. The Bertz CT molecular complexity index is 404. The molecule has 0 amide bonds. The normalized spacial score (nSPS) is 18.3. The number of hydrogen-bond donors (Lipinski definition) is 1. The number of hydrogen-bond acceptors (Lipinski definition) is 3. The Labute approximate surface area is 93.2 Å². The summed E-state index contributed by atoms with van der Waals surface area (Å²) in [7, 11) is 0. The van der Waals surface area contributed by atoms with Gasteiger partial charge < -0.3 is 14.8 Å². The minimum atomic E-state index is -1.35. The van der Waals surface area contributed by atoms with Crippen molar-refractivity contribution in [1.29, 1.82) is 0 Å². The van der Waals surface area contributed by atoms with E-state index in [1.54, 1.807) is 0 Å². The van der Waals surface area contributed by atoms with E-state index in [1.165, 1.54) is 6.92 Å². The van der Waals surface area contributed by atoms with E-state index in [1.807, 2.05) is 25.1 Å². The maximum Gasteiger partial charge on any atom is 0.231 e. The van der Waals surface area contributed by atoms with E-state index < -0.39 is 6.50 Å². The largest absolute Gasteiger partial charge is 0.454 e. The van der Waals surface area contributed by atoms with Crippen molar-refractivity contribution in [3.05, 3.63) is 23.8 Å². The predicted molar refractivity (Wildman–Crippen MR) is 59.4 cm³/mol. The quantitative estimate of drug-likeness (QED) is 0.822. The van der Waals surface area contributed by atoms with E-state index in [9.17, 15) is 0 Å². The number of likely N-dealkylation sites (N-methyl/N-ethyl adjacent to an activating group) is 1. The summed E-state index contributed by atoms with van der Waals surface area (Å²) in [5.41, 5.74) is 1.11. The van der Waals surface area contributed by atoms with E-state index in [2.05, 4.69) is 5.32 Å². The van der Waals surface area contributed by atoms with Gasteiger partial charge in [0.15, 0.2) is 11.5 Å². The Balaban J connectivity index is 1.99. The molecule has 0 bridgehead atoms. The number of rotatable bonds is 4. The van der Waals surface area contributed by atoms with Gasteiger partial charge in [-0.05, 0) is 37.5 Å². The van der Waals surface area contributed by atoms with Gasteiger partial charge in [-0.1, -0.05) is 13.0 Å². The zero-order valence-corrected chi connectivity index (χ0v) is 9.04. The molecular formula is C12H17NO2. The molecular weight excluding hydrogens is 190 g/mol. The summed E-state index contributed by atoms with van der Waals surface area (Å²) < 4.78 is 25.5. The van der Waals surface area contributed by atoms with E-state index >= 15 is 0 Å². The SMILES string of the molecule is [2H]C([2H])(C)N[C@@H](C)Cc1ccc2c(c1)OCO2. The minimum absolute atomic E-state index is 0.0652. The zero-order chi connectivity index (χ0) is 12.5. The molecule has 0 aliphatic carbocycles. The zero-order valence-electron chi connectivity index (χ0n) is 11.0. The van der Waals surface area contributed by atoms with E-state index in [4.69, 9.17) is 12.2 Å². The van der Waals surface area contributed by atoms with Gasteiger partial charge in [-0.25, -0.2) is 0 Å². The molecule has 82 valence electrons. The Hall–Kier alpha value is -1.22. The molecule has 1 aromatic carbocycles. The second-order valence-electron chi connectivity index (χ2n) is 3.69. The van der Waals surface area contributed by atoms with Gasteiger partial charge in [-0.3, -0.25) is 0 Å². The van der Waals surface area contributed by atoms with Crippen molar-refractivity contribution < 1.29 is 12.2 Å². The second kappa shape index (κ2) is 4.53. The fourth-order valence-electron chi connectivity index (χ4n) is 1.72. The first-order valence-corrected chi connectivity index (χ1v) is 5.10. The third kappa shape index (κ3) is 2.42. The van der Waals surface area contributed by atoms with Gasteiger partial charge in [-0.2, -0.15) is 0 Å². The highest BCUT2D eigenvalue weighted by atomic mass is 16.7. The van der Waals surface area contributed by atoms with Gasteiger partial charge in [0.1, 0.15) is 0 Å². The molecule has 0 spiro atoms. The van der Waals surface area contributed by atoms with Crippen LogP contribution < -0.4 is 14.8 Å². The maximum atomic E-state index is 7.46. The number of fused-ring (bicyclic) bond motifs is 1. The Kier molecular flexibility index (Phi) is 2.42. The lowest BCUT2D eigenvalue weighted by Gasteiger charge is -2.12. The van der Waals surface area contributed by atoms with Crippen LogP contribution in [0.25, 0.3) is 0 Å². The average Bonchev–Trinajstić information content (AvgIpc) is 2.61. The Morgan fingerprint density at radius 1 is 1.47 bits per heavy atom. The van der Waals surface area contributed by atoms with Crippen molar-refractivity contribution in [3.63, 3.8) is 0 Å². The molecule has 0 saturated heterocycles. The molecule has 0 radical (unpaired) electrons. The van der Waals surface area contributed by atoms with Gasteiger partial charge in [0.25, 0.3) is 0 Å². The van der Waals surface area contributed by atoms with Crippen LogP contribution in [0.5, 0.6) is 11.5 Å². The highest BCUT2D eigenvalue weighted by molar-refractivity contribution is 5.44. The van der Waals surface area contributed by atoms with Gasteiger partial charge in [0.2, 0.25) is 6.79 Å². The molecule has 0 fully saturated rings. The van der Waals surface area contributed by atoms with Crippen molar-refractivity contribution in [2.75, 3.05) is 13.3 Å². The summed E-state index contributed by atoms with van der Waals surface area (Å²) in [4.78, 5) is 0. The standard InChI is InChI=1S/C12H17NO2/c1-3-13-9(2)6-10-4-5-11-12(7-10)15-8-14-11/h4-5,7,9,13H,3,6,8H2,1-2H3/t9-/m0/s1/i3D2. The van der Waals surface area contributed by atoms with E-state index in [0.29, 0.717) is 0 Å². The van der Waals surface area contributed by atoms with Gasteiger partial charge in [0, 0.05) is 8.78 Å². The molecule has 1 aromatic rings. The molecule has 3 heteroatoms. The van der Waals surface area contributed by atoms with Crippen LogP contribution in [0, 0.1) is 0 Å². The molecule has 1 aliphatic heterocycles. The fraction of sp³-hybridized carbons (Fsp3) is 0.500. The topological polar surface area (TPSA) is 30.5 Å². The average molecular weight is 209 g/mol. The molecule has 15 heavy (non-hydrogen) atoms. The van der Waals surface area contributed by atoms with Crippen LogP contribution in [0.2, 0.25) is 0 Å². The first-order chi connectivity index (χ1) is 7.94. The summed E-state index contributed by atoms with van der Waals surface area (Å²) in [5.74, 6) is 1.55. The first-order valence-electron chi connectivity index (χ1n) is 6.10. The van der Waals surface area contributed by atoms with Crippen LogP contribution >= 0.6 is 0 Å². The van der Waals surface area contributed by atoms with Crippen LogP contribution in [0.15, 0.2) is 18.2 Å². The van der Waals surface area contributed by atoms with Crippen molar-refractivity contribution in [2.45, 2.75) is 26.3 Å². The molecule has 0 aromatic heterocycles. The first kappa shape index (κ1) is 7.99. The van der Waals surface area contributed by atoms with Gasteiger partial charge in [0.05, 0.1) is 0 Å². The van der Waals surface area contributed by atoms with Crippen molar-refractivity contribution in [2.24, 2.45) is 0 Å². The lowest BCUT2D eigenvalue weighted by atomic mass is 10.1. The van der Waals surface area contributed by atoms with E-state index in [0.717, 1.165) is 23.5 Å². The van der Waals surface area contributed by atoms with Crippen LogP contribution in [0.4, 0.5) is 0 Å². The summed E-state index contributed by atoms with van der Waals surface area (Å²) in [6.07, 6.45) is 0.754. The Morgan fingerprint density at radius 2 is 2.27 bits per heavy atom. The molecule has 0 saturated carbocycles. The second-order valence-corrected chi connectivity index (χ2v) is 3.69. The van der Waals surface area contributed by atoms with Gasteiger partial charge in [-0.15, -0.1) is 0 Å². The molecule has 0 unspecified atom stereocenters. The smallest absolute Gasteiger partial charge is 0.231 e. The highest BCUT2D eigenvalue weighted by Gasteiger charge is 2.13. The molecule has 1 atom stereocenters. The highest BCUT2D eigenvalue weighted by Crippen LogP contribution is 2.32. The van der Waals surface area contributed by atoms with Crippen LogP contribution in [0.3, 0.4) is 0 Å². The number of ether oxygens (including phenoxy) is 2. The minimum Gasteiger partial charge on any atom is -0.454 e. The molecule has 1 N–H and O–H groups in total. The lowest BCUT2D eigenvalue weighted by Crippen LogP contribution is -2.27. The van der Waals surface area contributed by atoms with Crippen molar-refractivity contribution in [3.8, 4) is 11.5 Å². The molecule has 2 rings (SSSR count). The molecule has 1 heterocycles. The third-order valence-electron chi connectivity index (χ3n) is 2.37. The molecule has 3 nitrogen and oxygen atoms in total. The van der Waals surface area contributed by atoms with E-state index in [-0.39, 0.29) is 12.8 Å². The third-order valence-corrected chi connectivity index (χ3v) is 2.37. The maximum absolute atomic E-state index is 7.46. The summed E-state index contributed by atoms with van der Waals surface area (Å²) in [5, 5.41) is 2.90. The lowest BCUT2D eigenvalue weighted by molar-refractivity contribution is 0.174. The summed E-state index contributed by atoms with van der Waals surface area (Å²) >= 11 is 0. The summed E-state index contributed by atoms with van der Waals surface area (Å²) in [6, 6.07) is 5.89. The van der Waals surface area contributed by atoms with Crippen molar-refractivity contribution in [1.82, 2.24) is 5.32 Å². The molecule has 1 aliphatic rings. The van der Waals surface area contributed by atoms with Crippen LogP contribution in [-0.4, -0.2) is 19.3 Å². The van der Waals surface area contributed by atoms with Gasteiger partial charge >= 0.3 is 0 Å². The fourth-order valence-corrected chi connectivity index (χ4v) is 1.72. The van der Waals surface area contributed by atoms with Crippen molar-refractivity contribution >= 4 is 0 Å². The van der Waals surface area contributed by atoms with Crippen LogP contribution in [-0.2, 0) is 6.42 Å². The monoisotopic (exact) mass is 209 g/mol. The predicted octanol–water partition coefficient (Wildman–Crippen LogP) is 1.96. The summed E-state index contributed by atoms with van der Waals surface area (Å²) in [6.45, 7) is 2.41. The number of benzene rings is 1. The number of nitrogens with one attached hydrogen (secondary N) is 1.